The van der Waals surface area contributed by atoms with Gasteiger partial charge in [-0.25, -0.2) is 35.1 Å². The van der Waals surface area contributed by atoms with Crippen LogP contribution in [0.4, 0.5) is 0 Å². The average Bonchev–Trinajstić information content (AvgIpc) is 1.39. The molecular weight excluding hydrogens is 1360 g/mol. The van der Waals surface area contributed by atoms with Crippen LogP contribution in [0.2, 0.25) is 0 Å². The van der Waals surface area contributed by atoms with E-state index >= 15 is 0 Å². The number of amides is 6. The lowest BCUT2D eigenvalue weighted by Crippen LogP contribution is -2.34. The van der Waals surface area contributed by atoms with Crippen molar-refractivity contribution in [2.75, 3.05) is 291 Å². The van der Waals surface area contributed by atoms with E-state index in [2.05, 4.69) is 0 Å². The van der Waals surface area contributed by atoms with Crippen molar-refractivity contribution in [3.05, 3.63) is 0 Å². The van der Waals surface area contributed by atoms with E-state index in [1.807, 2.05) is 32.6 Å². The van der Waals surface area contributed by atoms with Crippen molar-refractivity contribution >= 4 is 47.0 Å². The van der Waals surface area contributed by atoms with E-state index in [0.29, 0.717) is 0 Å². The summed E-state index contributed by atoms with van der Waals surface area (Å²) in [7, 11) is 0. The van der Waals surface area contributed by atoms with Crippen molar-refractivity contribution in [1.82, 2.24) is 32.6 Å². The van der Waals surface area contributed by atoms with Gasteiger partial charge in [0, 0.05) is 35.5 Å². The van der Waals surface area contributed by atoms with Crippen LogP contribution in [0.25, 0.3) is 0 Å². The number of hydrazine groups is 6. The van der Waals surface area contributed by atoms with Crippen molar-refractivity contribution < 1.29 is 138 Å². The van der Waals surface area contributed by atoms with Crippen LogP contribution in [0.3, 0.4) is 0 Å². The standard InChI is InChI=1S/C58H116N14O29/c59-17-51(73)37-89-9-1-81-19-45(21-83-3-11-91-39-53(75)67-61)27-97-29-47(23-85-5-13-93-41-55(77)69-63)31-99-33-49(25-87-7-15-95-43-57(79)71-65)35-101-36-50(26-88-8-16-96-44-58(80)72-66)34-100-32-48(24-86-6-14-94-42-56(78)70-64)30-98-28-46(20-82-2-10-90-38-52(74)18-60)22-84-4-12-92-40-54(76)68-62/h45-50H,1-44,59-66H2,(H,67,75)(H,68,76)(H,69,77)(H,70,78)(H,71,79)(H,72,80). The Balaban J connectivity index is 6.51. The maximum Gasteiger partial charge on any atom is 0.259 e. The van der Waals surface area contributed by atoms with Gasteiger partial charge in [-0.05, 0) is 0 Å². The molecule has 0 saturated heterocycles. The Kier molecular flexibility index (Phi) is 68.4. The minimum absolute atomic E-state index is 0.0621. The number of hydrogen-bond acceptors (Lipinski definition) is 37. The number of carbonyl (C=O) groups is 8. The topological polar surface area (TPSA) is 611 Å². The van der Waals surface area contributed by atoms with Crippen LogP contribution in [0.1, 0.15) is 0 Å². The van der Waals surface area contributed by atoms with Crippen LogP contribution in [-0.2, 0) is 138 Å². The highest BCUT2D eigenvalue weighted by Crippen LogP contribution is 2.12. The summed E-state index contributed by atoms with van der Waals surface area (Å²) in [4.78, 5) is 92.7. The van der Waals surface area contributed by atoms with Crippen LogP contribution in [0.15, 0.2) is 0 Å². The second-order valence-corrected chi connectivity index (χ2v) is 21.8. The van der Waals surface area contributed by atoms with Gasteiger partial charge in [-0.2, -0.15) is 0 Å². The zero-order chi connectivity index (χ0) is 74.3. The minimum Gasteiger partial charge on any atom is -0.381 e. The van der Waals surface area contributed by atoms with Gasteiger partial charge in [-0.3, -0.25) is 70.9 Å². The second kappa shape index (κ2) is 72.0. The van der Waals surface area contributed by atoms with E-state index in [0.717, 1.165) is 0 Å². The molecule has 0 rings (SSSR count). The maximum absolute atomic E-state index is 11.7. The van der Waals surface area contributed by atoms with Gasteiger partial charge in [0.05, 0.1) is 238 Å². The fourth-order valence-corrected chi connectivity index (χ4v) is 7.54. The van der Waals surface area contributed by atoms with Crippen molar-refractivity contribution in [3.8, 4) is 0 Å². The summed E-state index contributed by atoms with van der Waals surface area (Å²) >= 11 is 0. The Morgan fingerprint density at radius 2 is 0.307 bits per heavy atom. The van der Waals surface area contributed by atoms with Gasteiger partial charge in [0.2, 0.25) is 0 Å². The highest BCUT2D eigenvalue weighted by atomic mass is 16.6. The molecule has 0 aromatic heterocycles. The zero-order valence-corrected chi connectivity index (χ0v) is 58.0. The number of ketones is 2. The van der Waals surface area contributed by atoms with E-state index in [9.17, 15) is 38.4 Å². The molecule has 43 nitrogen and oxygen atoms in total. The maximum atomic E-state index is 11.7. The van der Waals surface area contributed by atoms with Crippen LogP contribution < -0.4 is 79.1 Å². The zero-order valence-electron chi connectivity index (χ0n) is 58.0. The summed E-state index contributed by atoms with van der Waals surface area (Å²) in [5, 5.41) is 0. The number of hydrogen-bond donors (Lipinski definition) is 14. The van der Waals surface area contributed by atoms with Gasteiger partial charge in [0.1, 0.15) is 52.9 Å². The van der Waals surface area contributed by atoms with E-state index in [-0.39, 0.29) is 326 Å². The summed E-state index contributed by atoms with van der Waals surface area (Å²) in [5.41, 5.74) is 22.7. The average molecular weight is 1470 g/mol. The van der Waals surface area contributed by atoms with Gasteiger partial charge < -0.3 is 111 Å². The SMILES string of the molecule is NCC(=O)COCCOCC(COCCOCC(=O)NN)COCC(COCCOCC(=O)NN)COCC(COCCOCC(=O)NN)COCC(COCCOCC(=O)NN)COCC(COCCOCC(=O)NN)COCC(COCCOCC(=O)CN)COCCOCC(=O)NN. The Bertz CT molecular complexity index is 1860. The summed E-state index contributed by atoms with van der Waals surface area (Å²) < 4.78 is 121. The number of nitrogens with one attached hydrogen (secondary N) is 6. The first-order valence-electron chi connectivity index (χ1n) is 32.7. The van der Waals surface area contributed by atoms with Gasteiger partial charge in [0.15, 0.2) is 11.6 Å². The van der Waals surface area contributed by atoms with Crippen molar-refractivity contribution in [2.24, 2.45) is 82.0 Å². The predicted octanol–water partition coefficient (Wildman–Crippen LogP) is -9.97. The molecule has 0 aliphatic rings. The lowest BCUT2D eigenvalue weighted by molar-refractivity contribution is -0.127. The van der Waals surface area contributed by atoms with Gasteiger partial charge in [-0.15, -0.1) is 0 Å². The molecule has 22 N–H and O–H groups in total. The Hall–Kier alpha value is -5.00. The second-order valence-electron chi connectivity index (χ2n) is 21.8. The summed E-state index contributed by atoms with van der Waals surface area (Å²) in [6.45, 7) is 2.08. The van der Waals surface area contributed by atoms with Crippen LogP contribution in [-0.4, -0.2) is 338 Å². The summed E-state index contributed by atoms with van der Waals surface area (Å²) in [6, 6.07) is 0. The molecule has 6 unspecified atom stereocenters. The Morgan fingerprint density at radius 3 is 0.436 bits per heavy atom. The molecule has 101 heavy (non-hydrogen) atoms. The molecule has 0 spiro atoms. The third-order valence-electron chi connectivity index (χ3n) is 12.7. The molecular formula is C58H116N14O29. The molecule has 6 amide bonds. The molecule has 0 aliphatic heterocycles. The molecule has 0 aliphatic carbocycles. The van der Waals surface area contributed by atoms with Gasteiger partial charge in [0.25, 0.3) is 35.4 Å². The Labute approximate surface area is 588 Å². The largest absolute Gasteiger partial charge is 0.381 e. The molecule has 43 heteroatoms. The Morgan fingerprint density at radius 1 is 0.188 bits per heavy atom. The van der Waals surface area contributed by atoms with Crippen molar-refractivity contribution in [3.63, 3.8) is 0 Å². The summed E-state index contributed by atoms with van der Waals surface area (Å²) in [5.74, 6) is 25.2. The van der Waals surface area contributed by atoms with E-state index in [1.165, 1.54) is 0 Å². The molecule has 0 bridgehead atoms. The lowest BCUT2D eigenvalue weighted by Gasteiger charge is -2.24. The monoisotopic (exact) mass is 1470 g/mol. The third-order valence-corrected chi connectivity index (χ3v) is 12.7. The number of carbonyl (C=O) groups excluding carboxylic acids is 8. The van der Waals surface area contributed by atoms with E-state index in [1.54, 1.807) is 0 Å². The molecule has 0 fully saturated rings. The fourth-order valence-electron chi connectivity index (χ4n) is 7.54. The summed E-state index contributed by atoms with van der Waals surface area (Å²) in [6.07, 6.45) is 0. The predicted molar refractivity (Wildman–Crippen MR) is 350 cm³/mol. The number of nitrogens with two attached hydrogens (primary N) is 8. The van der Waals surface area contributed by atoms with E-state index < -0.39 is 47.3 Å². The highest BCUT2D eigenvalue weighted by molar-refractivity contribution is 5.82. The minimum atomic E-state index is -0.527. The van der Waals surface area contributed by atoms with Crippen molar-refractivity contribution in [2.45, 2.75) is 0 Å². The first-order chi connectivity index (χ1) is 49.2. The fraction of sp³-hybridized carbons (Fsp3) is 0.862. The molecule has 0 radical (unpaired) electrons. The number of Topliss-reactive ketones (excluding diaryl/α,β-unsaturated/α-hetero) is 2. The molecule has 0 saturated carbocycles. The van der Waals surface area contributed by atoms with Crippen LogP contribution >= 0.6 is 0 Å². The molecule has 0 aromatic rings. The van der Waals surface area contributed by atoms with E-state index in [4.69, 9.17) is 146 Å². The highest BCUT2D eigenvalue weighted by Gasteiger charge is 2.21. The first-order valence-corrected chi connectivity index (χ1v) is 32.7. The molecule has 6 atom stereocenters. The van der Waals surface area contributed by atoms with Crippen molar-refractivity contribution in [1.29, 1.82) is 0 Å². The number of ether oxygens (including phenoxy) is 21. The van der Waals surface area contributed by atoms with Crippen LogP contribution in [0, 0.1) is 35.5 Å². The third kappa shape index (κ3) is 64.3. The molecule has 0 aromatic carbocycles. The smallest absolute Gasteiger partial charge is 0.259 e. The number of rotatable bonds is 78. The lowest BCUT2D eigenvalue weighted by atomic mass is 10.1. The normalized spacial score (nSPS) is 13.2. The first kappa shape index (κ1) is 96.0. The quantitative estimate of drug-likeness (QED) is 0.0116. The molecule has 0 heterocycles. The molecule has 592 valence electrons. The van der Waals surface area contributed by atoms with Crippen LogP contribution in [0.5, 0.6) is 0 Å². The van der Waals surface area contributed by atoms with Gasteiger partial charge >= 0.3 is 0 Å². The van der Waals surface area contributed by atoms with Gasteiger partial charge in [-0.1, -0.05) is 0 Å².